The molecule has 0 heterocycles. The molecule has 2 rings (SSSR count). The Balaban J connectivity index is 2.14. The molecule has 1 fully saturated rings. The van der Waals surface area contributed by atoms with Crippen molar-refractivity contribution in [2.75, 3.05) is 12.8 Å². The van der Waals surface area contributed by atoms with Gasteiger partial charge in [-0.15, -0.1) is 0 Å². The number of esters is 1. The highest BCUT2D eigenvalue weighted by molar-refractivity contribution is 5.93. The van der Waals surface area contributed by atoms with Gasteiger partial charge in [0, 0.05) is 5.69 Å². The largest absolute Gasteiger partial charge is 0.490 e. The number of carbonyl (C=O) groups excluding carboxylic acids is 1. The molecule has 4 nitrogen and oxygen atoms in total. The first-order chi connectivity index (χ1) is 9.63. The van der Waals surface area contributed by atoms with Gasteiger partial charge in [-0.25, -0.2) is 4.79 Å². The van der Waals surface area contributed by atoms with Crippen LogP contribution in [0, 0.1) is 5.92 Å². The Morgan fingerprint density at radius 1 is 1.40 bits per heavy atom. The fraction of sp³-hybridized carbons (Fsp3) is 0.562. The molecule has 0 bridgehead atoms. The molecule has 0 aliphatic heterocycles. The molecule has 2 atom stereocenters. The molecule has 1 aromatic rings. The normalized spacial score (nSPS) is 22.3. The summed E-state index contributed by atoms with van der Waals surface area (Å²) in [5, 5.41) is 0. The van der Waals surface area contributed by atoms with Crippen LogP contribution in [0.3, 0.4) is 0 Å². The third kappa shape index (κ3) is 3.44. The highest BCUT2D eigenvalue weighted by atomic mass is 16.5. The van der Waals surface area contributed by atoms with Crippen LogP contribution in [0.2, 0.25) is 0 Å². The van der Waals surface area contributed by atoms with Crippen LogP contribution in [0.25, 0.3) is 0 Å². The van der Waals surface area contributed by atoms with Crippen molar-refractivity contribution in [3.05, 3.63) is 23.8 Å². The standard InChI is InChI=1S/C16H23NO3/c1-3-11-5-4-6-13(9-11)20-15-8-7-12(17)10-14(15)16(18)19-2/h7-8,10-11,13H,3-6,9,17H2,1-2H3. The van der Waals surface area contributed by atoms with Gasteiger partial charge in [0.1, 0.15) is 11.3 Å². The van der Waals surface area contributed by atoms with Crippen molar-refractivity contribution in [1.29, 1.82) is 0 Å². The molecule has 2 unspecified atom stereocenters. The van der Waals surface area contributed by atoms with Gasteiger partial charge < -0.3 is 15.2 Å². The summed E-state index contributed by atoms with van der Waals surface area (Å²) in [6, 6.07) is 5.13. The van der Waals surface area contributed by atoms with Gasteiger partial charge in [-0.2, -0.15) is 0 Å². The van der Waals surface area contributed by atoms with Crippen LogP contribution in [-0.2, 0) is 4.74 Å². The first kappa shape index (κ1) is 14.7. The zero-order valence-electron chi connectivity index (χ0n) is 12.2. The van der Waals surface area contributed by atoms with Crippen molar-refractivity contribution in [3.63, 3.8) is 0 Å². The predicted molar refractivity (Wildman–Crippen MR) is 78.9 cm³/mol. The van der Waals surface area contributed by atoms with Crippen molar-refractivity contribution in [2.24, 2.45) is 5.92 Å². The summed E-state index contributed by atoms with van der Waals surface area (Å²) in [5.41, 5.74) is 6.68. The highest BCUT2D eigenvalue weighted by Gasteiger charge is 2.24. The molecule has 1 saturated carbocycles. The van der Waals surface area contributed by atoms with Crippen molar-refractivity contribution in [3.8, 4) is 5.75 Å². The molecule has 0 radical (unpaired) electrons. The molecule has 0 saturated heterocycles. The van der Waals surface area contributed by atoms with Crippen molar-refractivity contribution in [1.82, 2.24) is 0 Å². The molecule has 2 N–H and O–H groups in total. The van der Waals surface area contributed by atoms with Crippen LogP contribution >= 0.6 is 0 Å². The lowest BCUT2D eigenvalue weighted by Gasteiger charge is -2.29. The van der Waals surface area contributed by atoms with Crippen LogP contribution in [0.1, 0.15) is 49.4 Å². The minimum atomic E-state index is -0.407. The Kier molecular flexibility index (Phi) is 4.88. The summed E-state index contributed by atoms with van der Waals surface area (Å²) < 4.78 is 10.8. The van der Waals surface area contributed by atoms with E-state index in [0.29, 0.717) is 17.0 Å². The lowest BCUT2D eigenvalue weighted by Crippen LogP contribution is -2.26. The molecule has 0 aromatic heterocycles. The van der Waals surface area contributed by atoms with E-state index >= 15 is 0 Å². The molecule has 4 heteroatoms. The number of carbonyl (C=O) groups is 1. The topological polar surface area (TPSA) is 61.5 Å². The van der Waals surface area contributed by atoms with Gasteiger partial charge in [-0.1, -0.05) is 19.8 Å². The zero-order chi connectivity index (χ0) is 14.5. The monoisotopic (exact) mass is 277 g/mol. The number of nitrogen functional groups attached to an aromatic ring is 1. The molecule has 1 aromatic carbocycles. The molecule has 1 aliphatic carbocycles. The summed E-state index contributed by atoms with van der Waals surface area (Å²) in [7, 11) is 1.36. The van der Waals surface area contributed by atoms with Gasteiger partial charge >= 0.3 is 5.97 Å². The van der Waals surface area contributed by atoms with E-state index in [1.807, 2.05) is 0 Å². The number of hydrogen-bond acceptors (Lipinski definition) is 4. The number of hydrogen-bond donors (Lipinski definition) is 1. The average Bonchev–Trinajstić information content (AvgIpc) is 2.48. The number of anilines is 1. The summed E-state index contributed by atoms with van der Waals surface area (Å²) in [5.74, 6) is 0.895. The molecule has 1 aliphatic rings. The minimum absolute atomic E-state index is 0.181. The van der Waals surface area contributed by atoms with Gasteiger partial charge in [-0.05, 0) is 43.4 Å². The van der Waals surface area contributed by atoms with Crippen LogP contribution in [0.15, 0.2) is 18.2 Å². The minimum Gasteiger partial charge on any atom is -0.490 e. The number of methoxy groups -OCH3 is 1. The first-order valence-electron chi connectivity index (χ1n) is 7.28. The van der Waals surface area contributed by atoms with E-state index in [4.69, 9.17) is 15.2 Å². The summed E-state index contributed by atoms with van der Waals surface area (Å²) in [6.07, 6.45) is 5.93. The Labute approximate surface area is 120 Å². The van der Waals surface area contributed by atoms with Crippen LogP contribution in [-0.4, -0.2) is 19.2 Å². The van der Waals surface area contributed by atoms with Gasteiger partial charge in [-0.3, -0.25) is 0 Å². The van der Waals surface area contributed by atoms with Gasteiger partial charge in [0.25, 0.3) is 0 Å². The summed E-state index contributed by atoms with van der Waals surface area (Å²) in [6.45, 7) is 2.22. The maximum atomic E-state index is 11.8. The third-order valence-electron chi connectivity index (χ3n) is 4.01. The van der Waals surface area contributed by atoms with Crippen LogP contribution in [0.4, 0.5) is 5.69 Å². The average molecular weight is 277 g/mol. The predicted octanol–water partition coefficient (Wildman–Crippen LogP) is 3.40. The number of ether oxygens (including phenoxy) is 2. The van der Waals surface area contributed by atoms with Crippen LogP contribution < -0.4 is 10.5 Å². The second-order valence-corrected chi connectivity index (χ2v) is 5.43. The molecule has 0 spiro atoms. The molecule has 110 valence electrons. The van der Waals surface area contributed by atoms with Crippen molar-refractivity contribution >= 4 is 11.7 Å². The molecule has 20 heavy (non-hydrogen) atoms. The second-order valence-electron chi connectivity index (χ2n) is 5.43. The van der Waals surface area contributed by atoms with Crippen molar-refractivity contribution < 1.29 is 14.3 Å². The number of nitrogens with two attached hydrogens (primary N) is 1. The molecular formula is C16H23NO3. The van der Waals surface area contributed by atoms with E-state index in [-0.39, 0.29) is 6.10 Å². The fourth-order valence-corrected chi connectivity index (χ4v) is 2.82. The molecular weight excluding hydrogens is 254 g/mol. The quantitative estimate of drug-likeness (QED) is 0.676. The van der Waals surface area contributed by atoms with Gasteiger partial charge in [0.05, 0.1) is 13.2 Å². The van der Waals surface area contributed by atoms with E-state index in [9.17, 15) is 4.79 Å². The Bertz CT molecular complexity index is 473. The van der Waals surface area contributed by atoms with Crippen molar-refractivity contribution in [2.45, 2.75) is 45.1 Å². The number of rotatable bonds is 4. The van der Waals surface area contributed by atoms with E-state index in [0.717, 1.165) is 18.8 Å². The third-order valence-corrected chi connectivity index (χ3v) is 4.01. The maximum absolute atomic E-state index is 11.8. The van der Waals surface area contributed by atoms with E-state index in [1.54, 1.807) is 18.2 Å². The Hall–Kier alpha value is -1.71. The van der Waals surface area contributed by atoms with E-state index in [1.165, 1.54) is 26.4 Å². The van der Waals surface area contributed by atoms with Crippen LogP contribution in [0.5, 0.6) is 5.75 Å². The summed E-state index contributed by atoms with van der Waals surface area (Å²) in [4.78, 5) is 11.8. The fourth-order valence-electron chi connectivity index (χ4n) is 2.82. The van der Waals surface area contributed by atoms with Gasteiger partial charge in [0.2, 0.25) is 0 Å². The first-order valence-corrected chi connectivity index (χ1v) is 7.28. The lowest BCUT2D eigenvalue weighted by atomic mass is 9.85. The van der Waals surface area contributed by atoms with E-state index < -0.39 is 5.97 Å². The Morgan fingerprint density at radius 2 is 2.20 bits per heavy atom. The smallest absolute Gasteiger partial charge is 0.341 e. The highest BCUT2D eigenvalue weighted by Crippen LogP contribution is 2.31. The zero-order valence-corrected chi connectivity index (χ0v) is 12.2. The lowest BCUT2D eigenvalue weighted by molar-refractivity contribution is 0.0587. The SMILES string of the molecule is CCC1CCCC(Oc2ccc(N)cc2C(=O)OC)C1. The second kappa shape index (κ2) is 6.64. The van der Waals surface area contributed by atoms with E-state index in [2.05, 4.69) is 6.92 Å². The van der Waals surface area contributed by atoms with Gasteiger partial charge in [0.15, 0.2) is 0 Å². The molecule has 0 amide bonds. The number of benzene rings is 1. The maximum Gasteiger partial charge on any atom is 0.341 e. The summed E-state index contributed by atoms with van der Waals surface area (Å²) >= 11 is 0. The Morgan fingerprint density at radius 3 is 2.90 bits per heavy atom.